The van der Waals surface area contributed by atoms with E-state index in [2.05, 4.69) is 0 Å². The molecule has 1 aromatic rings. The number of hydrogen-bond donors (Lipinski definition) is 0. The van der Waals surface area contributed by atoms with Crippen LogP contribution in [0, 0.1) is 5.92 Å². The van der Waals surface area contributed by atoms with Crippen LogP contribution in [0.1, 0.15) is 17.3 Å². The Balaban J connectivity index is 0.000000437. The van der Waals surface area contributed by atoms with Crippen LogP contribution in [0.25, 0.3) is 0 Å². The molecule has 2 rings (SSSR count). The Morgan fingerprint density at radius 3 is 2.59 bits per heavy atom. The second kappa shape index (κ2) is 6.13. The lowest BCUT2D eigenvalue weighted by atomic mass is 9.92. The number of ketones is 2. The summed E-state index contributed by atoms with van der Waals surface area (Å²) in [5.74, 6) is -0.302. The van der Waals surface area contributed by atoms with Crippen LogP contribution < -0.4 is 4.74 Å². The molecule has 0 saturated heterocycles. The van der Waals surface area contributed by atoms with Crippen LogP contribution in [0.4, 0.5) is 8.63 Å². The number of benzene rings is 1. The standard InChI is InChI=1S/C11H10O3.BF2/c1-7(12)9-6-14-10-5-3-2-4-8(10)11(9)13;2-1-3/h2-5,9H,6H2,1H3;. The van der Waals surface area contributed by atoms with Gasteiger partial charge in [-0.1, -0.05) is 12.1 Å². The van der Waals surface area contributed by atoms with E-state index >= 15 is 0 Å². The summed E-state index contributed by atoms with van der Waals surface area (Å²) in [7, 11) is -1.00. The quantitative estimate of drug-likeness (QED) is 0.555. The van der Waals surface area contributed by atoms with E-state index in [4.69, 9.17) is 4.74 Å². The molecule has 0 N–H and O–H groups in total. The van der Waals surface area contributed by atoms with Crippen molar-refractivity contribution >= 4 is 19.4 Å². The van der Waals surface area contributed by atoms with Crippen molar-refractivity contribution in [1.82, 2.24) is 0 Å². The molecule has 1 atom stereocenters. The SMILES string of the molecule is CC(=O)C1COc2ccccc2C1=O.F[B]F. The van der Waals surface area contributed by atoms with Crippen molar-refractivity contribution < 1.29 is 23.0 Å². The zero-order valence-corrected chi connectivity index (χ0v) is 9.15. The van der Waals surface area contributed by atoms with Crippen molar-refractivity contribution in [3.05, 3.63) is 29.8 Å². The molecule has 1 aliphatic rings. The first kappa shape index (κ1) is 13.4. The number of Topliss-reactive ketones (excluding diaryl/α,β-unsaturated/α-hetero) is 2. The Hall–Kier alpha value is -1.72. The predicted octanol–water partition coefficient (Wildman–Crippen LogP) is 1.93. The third-order valence-electron chi connectivity index (χ3n) is 2.37. The van der Waals surface area contributed by atoms with Gasteiger partial charge in [0.15, 0.2) is 5.78 Å². The molecule has 0 saturated carbocycles. The molecule has 89 valence electrons. The van der Waals surface area contributed by atoms with E-state index < -0.39 is 13.8 Å². The molecule has 1 aromatic carbocycles. The normalized spacial score (nSPS) is 17.1. The van der Waals surface area contributed by atoms with Crippen LogP contribution in [-0.4, -0.2) is 26.0 Å². The predicted molar refractivity (Wildman–Crippen MR) is 58.4 cm³/mol. The number of ether oxygens (including phenoxy) is 1. The topological polar surface area (TPSA) is 43.4 Å². The van der Waals surface area contributed by atoms with Gasteiger partial charge < -0.3 is 4.74 Å². The van der Waals surface area contributed by atoms with Gasteiger partial charge >= 0.3 is 7.83 Å². The molecule has 0 spiro atoms. The maximum Gasteiger partial charge on any atom is 0.577 e. The Morgan fingerprint density at radius 1 is 1.41 bits per heavy atom. The van der Waals surface area contributed by atoms with Gasteiger partial charge in [-0.05, 0) is 19.1 Å². The van der Waals surface area contributed by atoms with Crippen molar-refractivity contribution in [2.75, 3.05) is 6.61 Å². The summed E-state index contributed by atoms with van der Waals surface area (Å²) >= 11 is 0. The molecule has 0 fully saturated rings. The van der Waals surface area contributed by atoms with Gasteiger partial charge in [0.1, 0.15) is 24.1 Å². The monoisotopic (exact) mass is 239 g/mol. The zero-order chi connectivity index (χ0) is 12.8. The van der Waals surface area contributed by atoms with Gasteiger partial charge in [-0.15, -0.1) is 0 Å². The molecule has 1 radical (unpaired) electrons. The summed E-state index contributed by atoms with van der Waals surface area (Å²) in [6.45, 7) is 1.59. The Labute approximate surface area is 98.1 Å². The Kier molecular flexibility index (Phi) is 4.81. The largest absolute Gasteiger partial charge is 0.577 e. The summed E-state index contributed by atoms with van der Waals surface area (Å²) in [6, 6.07) is 7.00. The van der Waals surface area contributed by atoms with E-state index in [0.29, 0.717) is 11.3 Å². The van der Waals surface area contributed by atoms with Gasteiger partial charge in [0.2, 0.25) is 0 Å². The molecule has 17 heavy (non-hydrogen) atoms. The maximum atomic E-state index is 11.8. The first-order valence-corrected chi connectivity index (χ1v) is 4.90. The summed E-state index contributed by atoms with van der Waals surface area (Å²) in [5.41, 5.74) is 0.513. The van der Waals surface area contributed by atoms with E-state index in [1.807, 2.05) is 0 Å². The maximum absolute atomic E-state index is 11.8. The minimum absolute atomic E-state index is 0.126. The zero-order valence-electron chi connectivity index (χ0n) is 9.15. The van der Waals surface area contributed by atoms with Crippen molar-refractivity contribution in [3.8, 4) is 5.75 Å². The Bertz CT molecular complexity index is 423. The van der Waals surface area contributed by atoms with E-state index in [0.717, 1.165) is 0 Å². The van der Waals surface area contributed by atoms with Gasteiger partial charge in [-0.2, -0.15) is 0 Å². The number of hydrogen-bond acceptors (Lipinski definition) is 3. The summed E-state index contributed by atoms with van der Waals surface area (Å²) in [4.78, 5) is 22.9. The molecule has 0 amide bonds. The van der Waals surface area contributed by atoms with Crippen molar-refractivity contribution in [2.45, 2.75) is 6.92 Å². The summed E-state index contributed by atoms with van der Waals surface area (Å²) < 4.78 is 24.3. The van der Waals surface area contributed by atoms with Crippen LogP contribution in [0.3, 0.4) is 0 Å². The lowest BCUT2D eigenvalue weighted by molar-refractivity contribution is -0.120. The van der Waals surface area contributed by atoms with E-state index in [9.17, 15) is 18.2 Å². The summed E-state index contributed by atoms with van der Waals surface area (Å²) in [5, 5.41) is 0. The third kappa shape index (κ3) is 3.12. The second-order valence-corrected chi connectivity index (χ2v) is 3.42. The Morgan fingerprint density at radius 2 is 2.00 bits per heavy atom. The van der Waals surface area contributed by atoms with E-state index in [-0.39, 0.29) is 18.2 Å². The van der Waals surface area contributed by atoms with Crippen LogP contribution in [0.5, 0.6) is 5.75 Å². The fourth-order valence-corrected chi connectivity index (χ4v) is 1.53. The first-order chi connectivity index (χ1) is 8.11. The fourth-order valence-electron chi connectivity index (χ4n) is 1.53. The highest BCUT2D eigenvalue weighted by atomic mass is 19.2. The lowest BCUT2D eigenvalue weighted by Crippen LogP contribution is -2.32. The number of carbonyl (C=O) groups is 2. The highest BCUT2D eigenvalue weighted by Gasteiger charge is 2.31. The molecule has 6 heteroatoms. The molecule has 0 bridgehead atoms. The molecule has 1 aliphatic heterocycles. The van der Waals surface area contributed by atoms with E-state index in [1.54, 1.807) is 24.3 Å². The molecule has 1 heterocycles. The van der Waals surface area contributed by atoms with Gasteiger partial charge in [-0.25, -0.2) is 0 Å². The number of rotatable bonds is 1. The second-order valence-electron chi connectivity index (χ2n) is 3.42. The highest BCUT2D eigenvalue weighted by Crippen LogP contribution is 2.26. The molecular formula is C11H10BF2O3. The van der Waals surface area contributed by atoms with Crippen LogP contribution >= 0.6 is 0 Å². The smallest absolute Gasteiger partial charge is 0.492 e. The van der Waals surface area contributed by atoms with Crippen molar-refractivity contribution in [3.63, 3.8) is 0 Å². The van der Waals surface area contributed by atoms with Crippen molar-refractivity contribution in [2.24, 2.45) is 5.92 Å². The number of carbonyl (C=O) groups excluding carboxylic acids is 2. The fraction of sp³-hybridized carbons (Fsp3) is 0.273. The average Bonchev–Trinajstić information content (AvgIpc) is 2.30. The number of halogens is 2. The molecule has 0 aliphatic carbocycles. The highest BCUT2D eigenvalue weighted by molar-refractivity contribution is 6.15. The van der Waals surface area contributed by atoms with Gasteiger partial charge in [0, 0.05) is 0 Å². The van der Waals surface area contributed by atoms with Crippen LogP contribution in [-0.2, 0) is 4.79 Å². The van der Waals surface area contributed by atoms with Gasteiger partial charge in [-0.3, -0.25) is 18.2 Å². The number of para-hydroxylation sites is 1. The van der Waals surface area contributed by atoms with E-state index in [1.165, 1.54) is 6.92 Å². The molecule has 0 aromatic heterocycles. The average molecular weight is 239 g/mol. The van der Waals surface area contributed by atoms with Gasteiger partial charge in [0.25, 0.3) is 0 Å². The number of fused-ring (bicyclic) bond motifs is 1. The van der Waals surface area contributed by atoms with Crippen LogP contribution in [0.15, 0.2) is 24.3 Å². The van der Waals surface area contributed by atoms with Crippen LogP contribution in [0.2, 0.25) is 0 Å². The first-order valence-electron chi connectivity index (χ1n) is 4.90. The summed E-state index contributed by atoms with van der Waals surface area (Å²) in [6.07, 6.45) is 0. The molecule has 1 unspecified atom stereocenters. The van der Waals surface area contributed by atoms with Gasteiger partial charge in [0.05, 0.1) is 5.56 Å². The minimum atomic E-state index is -1.00. The van der Waals surface area contributed by atoms with Crippen molar-refractivity contribution in [1.29, 1.82) is 0 Å². The third-order valence-corrected chi connectivity index (χ3v) is 2.37. The minimum Gasteiger partial charge on any atom is -0.492 e. The molecular weight excluding hydrogens is 229 g/mol. The lowest BCUT2D eigenvalue weighted by Gasteiger charge is -2.21. The molecule has 3 nitrogen and oxygen atoms in total.